The van der Waals surface area contributed by atoms with Crippen LogP contribution in [0.25, 0.3) is 0 Å². The van der Waals surface area contributed by atoms with Gasteiger partial charge in [0.2, 0.25) is 0 Å². The van der Waals surface area contributed by atoms with E-state index in [9.17, 15) is 9.59 Å². The van der Waals surface area contributed by atoms with Gasteiger partial charge in [-0.05, 0) is 6.92 Å². The van der Waals surface area contributed by atoms with Gasteiger partial charge in [0, 0.05) is 5.75 Å². The summed E-state index contributed by atoms with van der Waals surface area (Å²) in [5, 5.41) is -0.912. The topological polar surface area (TPSA) is 52.6 Å². The first kappa shape index (κ1) is 14.8. The minimum atomic E-state index is -0.912. The van der Waals surface area contributed by atoms with Crippen LogP contribution in [0.1, 0.15) is 6.92 Å². The maximum absolute atomic E-state index is 11.3. The standard InChI is InChI=1S/C11H16O4S/c1-4-5-6-7-8-16-9(10(12)14-2)11(13)15-3/h4-7,9H,8H2,1-3H3/b5-4+,7-6+. The summed E-state index contributed by atoms with van der Waals surface area (Å²) in [6.07, 6.45) is 7.45. The van der Waals surface area contributed by atoms with Crippen LogP contribution in [0, 0.1) is 0 Å². The molecule has 0 saturated heterocycles. The predicted molar refractivity (Wildman–Crippen MR) is 64.2 cm³/mol. The Kier molecular flexibility index (Phi) is 8.34. The van der Waals surface area contributed by atoms with Crippen LogP contribution in [0.3, 0.4) is 0 Å². The molecule has 0 unspecified atom stereocenters. The van der Waals surface area contributed by atoms with Gasteiger partial charge >= 0.3 is 11.9 Å². The van der Waals surface area contributed by atoms with Crippen LogP contribution in [-0.4, -0.2) is 37.2 Å². The molecular weight excluding hydrogens is 228 g/mol. The predicted octanol–water partition coefficient (Wildman–Crippen LogP) is 1.57. The van der Waals surface area contributed by atoms with Crippen LogP contribution in [0.2, 0.25) is 0 Å². The van der Waals surface area contributed by atoms with Crippen LogP contribution in [-0.2, 0) is 19.1 Å². The molecule has 5 heteroatoms. The molecule has 0 bridgehead atoms. The van der Waals surface area contributed by atoms with E-state index in [0.29, 0.717) is 5.75 Å². The van der Waals surface area contributed by atoms with Gasteiger partial charge in [-0.1, -0.05) is 24.3 Å². The minimum Gasteiger partial charge on any atom is -0.468 e. The molecule has 0 rings (SSSR count). The van der Waals surface area contributed by atoms with Crippen molar-refractivity contribution in [2.24, 2.45) is 0 Å². The summed E-state index contributed by atoms with van der Waals surface area (Å²) in [7, 11) is 2.49. The first-order valence-electron chi connectivity index (χ1n) is 4.72. The third kappa shape index (κ3) is 5.60. The summed E-state index contributed by atoms with van der Waals surface area (Å²) in [4.78, 5) is 22.5. The number of ether oxygens (including phenoxy) is 2. The van der Waals surface area contributed by atoms with Crippen molar-refractivity contribution in [2.75, 3.05) is 20.0 Å². The summed E-state index contributed by atoms with van der Waals surface area (Å²) in [5.41, 5.74) is 0. The molecule has 0 aliphatic rings. The highest BCUT2D eigenvalue weighted by Crippen LogP contribution is 2.14. The molecule has 4 nitrogen and oxygen atoms in total. The Labute approximate surface area is 99.7 Å². The molecule has 0 saturated carbocycles. The van der Waals surface area contributed by atoms with E-state index in [0.717, 1.165) is 0 Å². The fourth-order valence-corrected chi connectivity index (χ4v) is 1.72. The Morgan fingerprint density at radius 3 is 2.19 bits per heavy atom. The van der Waals surface area contributed by atoms with Crippen molar-refractivity contribution in [3.63, 3.8) is 0 Å². The highest BCUT2D eigenvalue weighted by atomic mass is 32.2. The summed E-state index contributed by atoms with van der Waals surface area (Å²) in [6.45, 7) is 1.91. The molecule has 0 atom stereocenters. The second-order valence-corrected chi connectivity index (χ2v) is 3.85. The van der Waals surface area contributed by atoms with E-state index in [4.69, 9.17) is 0 Å². The molecule has 0 aliphatic heterocycles. The van der Waals surface area contributed by atoms with Gasteiger partial charge in [-0.2, -0.15) is 0 Å². The van der Waals surface area contributed by atoms with E-state index in [1.165, 1.54) is 26.0 Å². The van der Waals surface area contributed by atoms with E-state index >= 15 is 0 Å². The summed E-state index contributed by atoms with van der Waals surface area (Å²) < 4.78 is 9.03. The molecule has 0 aromatic carbocycles. The molecule has 90 valence electrons. The van der Waals surface area contributed by atoms with Crippen molar-refractivity contribution < 1.29 is 19.1 Å². The Morgan fingerprint density at radius 2 is 1.75 bits per heavy atom. The zero-order valence-electron chi connectivity index (χ0n) is 9.64. The van der Waals surface area contributed by atoms with Crippen LogP contribution in [0.5, 0.6) is 0 Å². The van der Waals surface area contributed by atoms with Gasteiger partial charge in [-0.3, -0.25) is 9.59 Å². The molecule has 0 aliphatic carbocycles. The number of methoxy groups -OCH3 is 2. The average molecular weight is 244 g/mol. The van der Waals surface area contributed by atoms with Crippen LogP contribution in [0.15, 0.2) is 24.3 Å². The molecule has 0 spiro atoms. The lowest BCUT2D eigenvalue weighted by molar-refractivity contribution is -0.150. The highest BCUT2D eigenvalue weighted by molar-refractivity contribution is 8.01. The first-order valence-corrected chi connectivity index (χ1v) is 5.77. The molecule has 16 heavy (non-hydrogen) atoms. The molecular formula is C11H16O4S. The molecule has 0 amide bonds. The number of carbonyl (C=O) groups is 2. The van der Waals surface area contributed by atoms with Gasteiger partial charge in [0.15, 0.2) is 5.25 Å². The monoisotopic (exact) mass is 244 g/mol. The lowest BCUT2D eigenvalue weighted by Crippen LogP contribution is -2.29. The summed E-state index contributed by atoms with van der Waals surface area (Å²) >= 11 is 1.17. The Morgan fingerprint density at radius 1 is 1.19 bits per heavy atom. The highest BCUT2D eigenvalue weighted by Gasteiger charge is 2.28. The van der Waals surface area contributed by atoms with E-state index in [-0.39, 0.29) is 0 Å². The van der Waals surface area contributed by atoms with Crippen molar-refractivity contribution in [3.05, 3.63) is 24.3 Å². The van der Waals surface area contributed by atoms with Gasteiger partial charge in [0.25, 0.3) is 0 Å². The van der Waals surface area contributed by atoms with Gasteiger partial charge in [0.1, 0.15) is 0 Å². The number of thioether (sulfide) groups is 1. The van der Waals surface area contributed by atoms with E-state index in [2.05, 4.69) is 9.47 Å². The van der Waals surface area contributed by atoms with Crippen molar-refractivity contribution in [2.45, 2.75) is 12.2 Å². The Hall–Kier alpha value is -1.23. The van der Waals surface area contributed by atoms with Gasteiger partial charge < -0.3 is 9.47 Å². The quantitative estimate of drug-likeness (QED) is 0.403. The average Bonchev–Trinajstić information content (AvgIpc) is 2.32. The third-order valence-corrected chi connectivity index (χ3v) is 2.73. The van der Waals surface area contributed by atoms with Crippen molar-refractivity contribution in [1.82, 2.24) is 0 Å². The fourth-order valence-electron chi connectivity index (χ4n) is 0.843. The lowest BCUT2D eigenvalue weighted by Gasteiger charge is -2.10. The first-order chi connectivity index (χ1) is 7.67. The molecule has 0 aromatic heterocycles. The number of hydrogen-bond donors (Lipinski definition) is 0. The van der Waals surface area contributed by atoms with Crippen LogP contribution < -0.4 is 0 Å². The van der Waals surface area contributed by atoms with E-state index in [1.54, 1.807) is 0 Å². The van der Waals surface area contributed by atoms with Crippen LogP contribution in [0.4, 0.5) is 0 Å². The number of allylic oxidation sites excluding steroid dienone is 3. The summed E-state index contributed by atoms with van der Waals surface area (Å²) in [5.74, 6) is -0.633. The maximum atomic E-state index is 11.3. The van der Waals surface area contributed by atoms with Crippen molar-refractivity contribution in [1.29, 1.82) is 0 Å². The molecule has 0 radical (unpaired) electrons. The van der Waals surface area contributed by atoms with Crippen LogP contribution >= 0.6 is 11.8 Å². The smallest absolute Gasteiger partial charge is 0.330 e. The number of hydrogen-bond acceptors (Lipinski definition) is 5. The molecule has 0 heterocycles. The normalized spacial score (nSPS) is 11.2. The van der Waals surface area contributed by atoms with E-state index < -0.39 is 17.2 Å². The number of esters is 2. The van der Waals surface area contributed by atoms with Gasteiger partial charge in [-0.15, -0.1) is 11.8 Å². The molecule has 0 aromatic rings. The number of rotatable bonds is 6. The minimum absolute atomic E-state index is 0.541. The maximum Gasteiger partial charge on any atom is 0.330 e. The van der Waals surface area contributed by atoms with Gasteiger partial charge in [0.05, 0.1) is 14.2 Å². The fraction of sp³-hybridized carbons (Fsp3) is 0.455. The second kappa shape index (κ2) is 9.03. The zero-order valence-corrected chi connectivity index (χ0v) is 10.5. The Bertz CT molecular complexity index is 268. The number of carbonyl (C=O) groups excluding carboxylic acids is 2. The summed E-state index contributed by atoms with van der Waals surface area (Å²) in [6, 6.07) is 0. The zero-order chi connectivity index (χ0) is 12.4. The van der Waals surface area contributed by atoms with Crippen molar-refractivity contribution >= 4 is 23.7 Å². The second-order valence-electron chi connectivity index (χ2n) is 2.71. The van der Waals surface area contributed by atoms with Crippen molar-refractivity contribution in [3.8, 4) is 0 Å². The largest absolute Gasteiger partial charge is 0.468 e. The van der Waals surface area contributed by atoms with E-state index in [1.807, 2.05) is 31.2 Å². The third-order valence-electron chi connectivity index (χ3n) is 1.63. The lowest BCUT2D eigenvalue weighted by atomic mass is 10.4. The SMILES string of the molecule is C/C=C/C=C/CSC(C(=O)OC)C(=O)OC. The van der Waals surface area contributed by atoms with Gasteiger partial charge in [-0.25, -0.2) is 0 Å². The molecule has 0 N–H and O–H groups in total. The Balaban J connectivity index is 4.22. The molecule has 0 fully saturated rings.